The van der Waals surface area contributed by atoms with Crippen molar-refractivity contribution in [2.24, 2.45) is 7.05 Å². The molecule has 1 aliphatic heterocycles. The van der Waals surface area contributed by atoms with Gasteiger partial charge in [-0.05, 0) is 12.8 Å². The maximum Gasteiger partial charge on any atom is 0.247 e. The largest absolute Gasteiger partial charge is 0.357 e. The lowest BCUT2D eigenvalue weighted by Crippen LogP contribution is -2.39. The van der Waals surface area contributed by atoms with Crippen LogP contribution in [0.3, 0.4) is 0 Å². The summed E-state index contributed by atoms with van der Waals surface area (Å²) in [4.78, 5) is 11.9. The van der Waals surface area contributed by atoms with Crippen molar-refractivity contribution < 1.29 is 4.79 Å². The summed E-state index contributed by atoms with van der Waals surface area (Å²) in [5, 5.41) is 10.7. The Bertz CT molecular complexity index is 424. The second-order valence-corrected chi connectivity index (χ2v) is 4.48. The molecule has 0 bridgehead atoms. The van der Waals surface area contributed by atoms with Crippen LogP contribution in [0.2, 0.25) is 0 Å². The highest BCUT2D eigenvalue weighted by atomic mass is 16.2. The van der Waals surface area contributed by atoms with Crippen LogP contribution >= 0.6 is 0 Å². The number of aryl methyl sites for hydroxylation is 2. The van der Waals surface area contributed by atoms with E-state index < -0.39 is 0 Å². The molecular weight excluding hydrogens is 216 g/mol. The van der Waals surface area contributed by atoms with Crippen molar-refractivity contribution in [3.63, 3.8) is 0 Å². The summed E-state index contributed by atoms with van der Waals surface area (Å²) in [6.45, 7) is 4.17. The van der Waals surface area contributed by atoms with Crippen LogP contribution in [0.4, 0.5) is 11.5 Å². The van der Waals surface area contributed by atoms with Gasteiger partial charge in [0.15, 0.2) is 0 Å². The first kappa shape index (κ1) is 12.0. The fourth-order valence-corrected chi connectivity index (χ4v) is 2.18. The Labute approximate surface area is 102 Å². The lowest BCUT2D eigenvalue weighted by atomic mass is 10.1. The van der Waals surface area contributed by atoms with Gasteiger partial charge in [0, 0.05) is 7.05 Å². The molecule has 1 aromatic heterocycles. The number of carbonyl (C=O) groups excluding carboxylic acids is 1. The number of nitrogens with one attached hydrogen (secondary N) is 2. The molecule has 0 radical (unpaired) electrons. The van der Waals surface area contributed by atoms with Crippen LogP contribution in [0.15, 0.2) is 0 Å². The molecule has 94 valence electrons. The number of hydrogen-bond acceptors (Lipinski definition) is 3. The summed E-state index contributed by atoms with van der Waals surface area (Å²) in [5.74, 6) is 0.996. The number of hydrogen-bond donors (Lipinski definition) is 2. The van der Waals surface area contributed by atoms with Crippen LogP contribution < -0.4 is 10.6 Å². The van der Waals surface area contributed by atoms with Gasteiger partial charge in [-0.2, -0.15) is 5.10 Å². The Hall–Kier alpha value is -1.52. The summed E-state index contributed by atoms with van der Waals surface area (Å²) in [6, 6.07) is -0.123. The van der Waals surface area contributed by atoms with Gasteiger partial charge in [-0.3, -0.25) is 9.48 Å². The lowest BCUT2D eigenvalue weighted by Gasteiger charge is -2.25. The average molecular weight is 236 g/mol. The molecule has 0 aromatic carbocycles. The number of anilines is 2. The summed E-state index contributed by atoms with van der Waals surface area (Å²) >= 11 is 0. The molecule has 2 N–H and O–H groups in total. The van der Waals surface area contributed by atoms with Crippen LogP contribution in [0, 0.1) is 0 Å². The van der Waals surface area contributed by atoms with Crippen LogP contribution in [0.1, 0.15) is 38.8 Å². The Morgan fingerprint density at radius 2 is 2.18 bits per heavy atom. The minimum atomic E-state index is -0.123. The third kappa shape index (κ3) is 2.14. The SMILES string of the molecule is CCCCC1Nc2c(c(CC)nn2C)NC1=O. The van der Waals surface area contributed by atoms with Crippen molar-refractivity contribution in [1.29, 1.82) is 0 Å². The highest BCUT2D eigenvalue weighted by Gasteiger charge is 2.29. The molecule has 2 rings (SSSR count). The van der Waals surface area contributed by atoms with Crippen LogP contribution in [0.25, 0.3) is 0 Å². The second kappa shape index (κ2) is 4.77. The summed E-state index contributed by atoms with van der Waals surface area (Å²) in [7, 11) is 1.90. The molecule has 1 unspecified atom stereocenters. The molecule has 0 saturated carbocycles. The fourth-order valence-electron chi connectivity index (χ4n) is 2.18. The topological polar surface area (TPSA) is 59.0 Å². The van der Waals surface area contributed by atoms with Crippen LogP contribution in [-0.2, 0) is 18.3 Å². The quantitative estimate of drug-likeness (QED) is 0.839. The number of fused-ring (bicyclic) bond motifs is 1. The van der Waals surface area contributed by atoms with E-state index >= 15 is 0 Å². The van der Waals surface area contributed by atoms with E-state index in [2.05, 4.69) is 22.7 Å². The van der Waals surface area contributed by atoms with E-state index in [1.807, 2.05) is 18.7 Å². The average Bonchev–Trinajstić information content (AvgIpc) is 2.63. The van der Waals surface area contributed by atoms with Crippen LogP contribution in [-0.4, -0.2) is 21.7 Å². The molecule has 1 atom stereocenters. The van der Waals surface area contributed by atoms with Gasteiger partial charge in [-0.25, -0.2) is 0 Å². The Morgan fingerprint density at radius 3 is 2.82 bits per heavy atom. The fraction of sp³-hybridized carbons (Fsp3) is 0.667. The summed E-state index contributed by atoms with van der Waals surface area (Å²) in [5.41, 5.74) is 1.80. The molecular formula is C12H20N4O. The van der Waals surface area contributed by atoms with Gasteiger partial charge >= 0.3 is 0 Å². The Kier molecular flexibility index (Phi) is 3.36. The molecule has 5 heteroatoms. The minimum absolute atomic E-state index is 0.0636. The first-order valence-electron chi connectivity index (χ1n) is 6.30. The molecule has 1 amide bonds. The predicted molar refractivity (Wildman–Crippen MR) is 68.2 cm³/mol. The van der Waals surface area contributed by atoms with E-state index in [0.29, 0.717) is 0 Å². The van der Waals surface area contributed by atoms with E-state index in [0.717, 1.165) is 42.9 Å². The highest BCUT2D eigenvalue weighted by molar-refractivity contribution is 6.02. The smallest absolute Gasteiger partial charge is 0.247 e. The summed E-state index contributed by atoms with van der Waals surface area (Å²) < 4.78 is 1.81. The maximum atomic E-state index is 11.9. The van der Waals surface area contributed by atoms with Gasteiger partial charge in [-0.1, -0.05) is 26.7 Å². The van der Waals surface area contributed by atoms with E-state index in [-0.39, 0.29) is 11.9 Å². The van der Waals surface area contributed by atoms with E-state index in [4.69, 9.17) is 0 Å². The standard InChI is InChI=1S/C12H20N4O/c1-4-6-7-9-12(17)14-10-8(5-2)15-16(3)11(10)13-9/h9,13H,4-7H2,1-3H3,(H,14,17). The maximum absolute atomic E-state index is 11.9. The third-order valence-electron chi connectivity index (χ3n) is 3.18. The van der Waals surface area contributed by atoms with Crippen molar-refractivity contribution in [3.05, 3.63) is 5.69 Å². The third-order valence-corrected chi connectivity index (χ3v) is 3.18. The Balaban J connectivity index is 2.22. The molecule has 1 aliphatic rings. The zero-order valence-electron chi connectivity index (χ0n) is 10.7. The molecule has 2 heterocycles. The van der Waals surface area contributed by atoms with Crippen LogP contribution in [0.5, 0.6) is 0 Å². The number of rotatable bonds is 4. The zero-order valence-corrected chi connectivity index (χ0v) is 10.7. The monoisotopic (exact) mass is 236 g/mol. The second-order valence-electron chi connectivity index (χ2n) is 4.48. The number of aromatic nitrogens is 2. The van der Waals surface area contributed by atoms with Gasteiger partial charge in [-0.15, -0.1) is 0 Å². The molecule has 0 saturated heterocycles. The first-order valence-corrected chi connectivity index (χ1v) is 6.30. The number of unbranched alkanes of at least 4 members (excludes halogenated alkanes) is 1. The number of amides is 1. The molecule has 0 spiro atoms. The number of carbonyl (C=O) groups is 1. The Morgan fingerprint density at radius 1 is 1.41 bits per heavy atom. The molecule has 1 aromatic rings. The van der Waals surface area contributed by atoms with Gasteiger partial charge < -0.3 is 10.6 Å². The van der Waals surface area contributed by atoms with Crippen molar-refractivity contribution in [1.82, 2.24) is 9.78 Å². The van der Waals surface area contributed by atoms with E-state index in [9.17, 15) is 4.79 Å². The molecule has 17 heavy (non-hydrogen) atoms. The van der Waals surface area contributed by atoms with E-state index in [1.54, 1.807) is 0 Å². The number of nitrogens with zero attached hydrogens (tertiary/aromatic N) is 2. The van der Waals surface area contributed by atoms with Gasteiger partial charge in [0.2, 0.25) is 5.91 Å². The zero-order chi connectivity index (χ0) is 12.4. The predicted octanol–water partition coefficient (Wildman–Crippen LogP) is 1.91. The molecule has 0 fully saturated rings. The first-order chi connectivity index (χ1) is 8.17. The van der Waals surface area contributed by atoms with E-state index in [1.165, 1.54) is 0 Å². The summed E-state index contributed by atoms with van der Waals surface area (Å²) in [6.07, 6.45) is 3.85. The molecule has 0 aliphatic carbocycles. The van der Waals surface area contributed by atoms with Crippen molar-refractivity contribution in [2.45, 2.75) is 45.6 Å². The van der Waals surface area contributed by atoms with Gasteiger partial charge in [0.25, 0.3) is 0 Å². The van der Waals surface area contributed by atoms with Gasteiger partial charge in [0.1, 0.15) is 17.5 Å². The molecule has 5 nitrogen and oxygen atoms in total. The normalized spacial score (nSPS) is 18.5. The highest BCUT2D eigenvalue weighted by Crippen LogP contribution is 2.31. The van der Waals surface area contributed by atoms with Gasteiger partial charge in [0.05, 0.1) is 5.69 Å². The lowest BCUT2D eigenvalue weighted by molar-refractivity contribution is -0.117. The van der Waals surface area contributed by atoms with Crippen molar-refractivity contribution in [3.8, 4) is 0 Å². The van der Waals surface area contributed by atoms with Crippen molar-refractivity contribution in [2.75, 3.05) is 10.6 Å². The van der Waals surface area contributed by atoms with Crippen molar-refractivity contribution >= 4 is 17.4 Å². The minimum Gasteiger partial charge on any atom is -0.357 e.